The van der Waals surface area contributed by atoms with Gasteiger partial charge in [0, 0.05) is 56.6 Å². The van der Waals surface area contributed by atoms with Crippen molar-refractivity contribution in [2.45, 2.75) is 25.8 Å². The molecule has 156 valence electrons. The first kappa shape index (κ1) is 21.4. The van der Waals surface area contributed by atoms with Gasteiger partial charge in [0.2, 0.25) is 5.91 Å². The Morgan fingerprint density at radius 2 is 1.90 bits per heavy atom. The maximum absolute atomic E-state index is 12.0. The smallest absolute Gasteiger partial charge is 0.303 e. The van der Waals surface area contributed by atoms with Gasteiger partial charge in [-0.15, -0.1) is 11.3 Å². The van der Waals surface area contributed by atoms with Crippen LogP contribution in [0.15, 0.2) is 29.6 Å². The number of thiazole rings is 1. The fourth-order valence-corrected chi connectivity index (χ4v) is 4.06. The van der Waals surface area contributed by atoms with Crippen LogP contribution in [0.2, 0.25) is 0 Å². The number of hydrogen-bond donors (Lipinski definition) is 2. The summed E-state index contributed by atoms with van der Waals surface area (Å²) in [5.74, 6) is -0.979. The van der Waals surface area contributed by atoms with Gasteiger partial charge < -0.3 is 15.3 Å². The molecule has 7 nitrogen and oxygen atoms in total. The van der Waals surface area contributed by atoms with Gasteiger partial charge in [-0.2, -0.15) is 0 Å². The average Bonchev–Trinajstić information content (AvgIpc) is 3.16. The van der Waals surface area contributed by atoms with Crippen LogP contribution >= 0.6 is 11.3 Å². The first-order valence-electron chi connectivity index (χ1n) is 9.93. The lowest BCUT2D eigenvalue weighted by Gasteiger charge is -2.32. The molecule has 0 radical (unpaired) electrons. The summed E-state index contributed by atoms with van der Waals surface area (Å²) in [5, 5.41) is 14.2. The highest BCUT2D eigenvalue weighted by atomic mass is 32.1. The van der Waals surface area contributed by atoms with E-state index in [0.29, 0.717) is 13.0 Å². The molecular weight excluding hydrogens is 388 g/mol. The van der Waals surface area contributed by atoms with Crippen molar-refractivity contribution in [3.63, 3.8) is 0 Å². The number of carbonyl (C=O) groups excluding carboxylic acids is 1. The number of carbonyl (C=O) groups is 2. The Hall–Kier alpha value is -2.29. The number of benzene rings is 1. The second kappa shape index (κ2) is 10.5. The highest BCUT2D eigenvalue weighted by molar-refractivity contribution is 7.13. The van der Waals surface area contributed by atoms with Gasteiger partial charge in [0.1, 0.15) is 5.01 Å². The second-order valence-electron chi connectivity index (χ2n) is 7.44. The fraction of sp³-hybridized carbons (Fsp3) is 0.476. The molecule has 0 aliphatic carbocycles. The van der Waals surface area contributed by atoms with Gasteiger partial charge in [0.15, 0.2) is 0 Å². The molecular formula is C21H28N4O3S. The Morgan fingerprint density at radius 1 is 1.17 bits per heavy atom. The minimum absolute atomic E-state index is 0.0614. The van der Waals surface area contributed by atoms with Crippen LogP contribution in [-0.2, 0) is 22.6 Å². The number of hydrogen-bond acceptors (Lipinski definition) is 6. The largest absolute Gasteiger partial charge is 0.481 e. The Morgan fingerprint density at radius 3 is 2.59 bits per heavy atom. The van der Waals surface area contributed by atoms with Crippen LogP contribution in [-0.4, -0.2) is 71.5 Å². The van der Waals surface area contributed by atoms with E-state index in [1.54, 1.807) is 0 Å². The molecule has 0 unspecified atom stereocenters. The fourth-order valence-electron chi connectivity index (χ4n) is 3.23. The third kappa shape index (κ3) is 6.92. The summed E-state index contributed by atoms with van der Waals surface area (Å²) in [5.41, 5.74) is 3.10. The standard InChI is InChI=1S/C21H28N4O3S/c1-24-9-11-25(12-10-24)14-16-4-6-17(7-5-16)21-23-18(15-29-21)13-19(26)22-8-2-3-20(27)28/h4-7,15H,2-3,8-14H2,1H3,(H,22,26)(H,27,28). The maximum atomic E-state index is 12.0. The van der Waals surface area contributed by atoms with E-state index < -0.39 is 5.97 Å². The Labute approximate surface area is 175 Å². The van der Waals surface area contributed by atoms with Gasteiger partial charge in [0.25, 0.3) is 0 Å². The molecule has 1 amide bonds. The lowest BCUT2D eigenvalue weighted by molar-refractivity contribution is -0.137. The van der Waals surface area contributed by atoms with Crippen molar-refractivity contribution >= 4 is 23.2 Å². The molecule has 8 heteroatoms. The van der Waals surface area contributed by atoms with Crippen LogP contribution in [0.1, 0.15) is 24.1 Å². The first-order valence-corrected chi connectivity index (χ1v) is 10.8. The third-order valence-corrected chi connectivity index (χ3v) is 5.93. The van der Waals surface area contributed by atoms with Crippen LogP contribution in [0.25, 0.3) is 10.6 Å². The summed E-state index contributed by atoms with van der Waals surface area (Å²) in [6.07, 6.45) is 0.709. The highest BCUT2D eigenvalue weighted by Crippen LogP contribution is 2.24. The van der Waals surface area contributed by atoms with Gasteiger partial charge in [-0.1, -0.05) is 24.3 Å². The lowest BCUT2D eigenvalue weighted by Crippen LogP contribution is -2.43. The molecule has 1 aliphatic heterocycles. The van der Waals surface area contributed by atoms with E-state index in [-0.39, 0.29) is 18.7 Å². The van der Waals surface area contributed by atoms with Crippen LogP contribution < -0.4 is 5.32 Å². The molecule has 2 aromatic rings. The molecule has 2 N–H and O–H groups in total. The molecule has 2 heterocycles. The number of nitrogens with zero attached hydrogens (tertiary/aromatic N) is 3. The number of aliphatic carboxylic acids is 1. The molecule has 0 bridgehead atoms. The zero-order valence-electron chi connectivity index (χ0n) is 16.8. The summed E-state index contributed by atoms with van der Waals surface area (Å²) in [4.78, 5) is 31.8. The SMILES string of the molecule is CN1CCN(Cc2ccc(-c3nc(CC(=O)NCCCC(=O)O)cs3)cc2)CC1. The molecule has 0 atom stereocenters. The molecule has 0 saturated carbocycles. The summed E-state index contributed by atoms with van der Waals surface area (Å²) >= 11 is 1.53. The Balaban J connectivity index is 1.48. The minimum Gasteiger partial charge on any atom is -0.481 e. The number of likely N-dealkylation sites (N-methyl/N-ethyl adjacent to an activating group) is 1. The van der Waals surface area contributed by atoms with Crippen LogP contribution in [0.5, 0.6) is 0 Å². The van der Waals surface area contributed by atoms with E-state index >= 15 is 0 Å². The Kier molecular flexibility index (Phi) is 7.74. The minimum atomic E-state index is -0.849. The summed E-state index contributed by atoms with van der Waals surface area (Å²) in [7, 11) is 2.16. The van der Waals surface area contributed by atoms with E-state index in [9.17, 15) is 9.59 Å². The number of nitrogens with one attached hydrogen (secondary N) is 1. The van der Waals surface area contributed by atoms with Crippen molar-refractivity contribution in [1.29, 1.82) is 0 Å². The monoisotopic (exact) mass is 416 g/mol. The van der Waals surface area contributed by atoms with E-state index in [2.05, 4.69) is 51.4 Å². The third-order valence-electron chi connectivity index (χ3n) is 4.99. The van der Waals surface area contributed by atoms with Crippen molar-refractivity contribution in [3.05, 3.63) is 40.9 Å². The molecule has 1 saturated heterocycles. The number of rotatable bonds is 9. The van der Waals surface area contributed by atoms with Crippen molar-refractivity contribution < 1.29 is 14.7 Å². The van der Waals surface area contributed by atoms with Gasteiger partial charge in [0.05, 0.1) is 12.1 Å². The summed E-state index contributed by atoms with van der Waals surface area (Å²) in [6.45, 7) is 5.79. The van der Waals surface area contributed by atoms with Gasteiger partial charge in [-0.3, -0.25) is 14.5 Å². The Bertz CT molecular complexity index is 814. The number of carboxylic acid groups (broad SMARTS) is 1. The van der Waals surface area contributed by atoms with Gasteiger partial charge in [-0.25, -0.2) is 4.98 Å². The predicted octanol–water partition coefficient (Wildman–Crippen LogP) is 2.08. The van der Waals surface area contributed by atoms with Crippen molar-refractivity contribution in [2.24, 2.45) is 0 Å². The number of aromatic nitrogens is 1. The molecule has 3 rings (SSSR count). The molecule has 1 fully saturated rings. The molecule has 1 aromatic carbocycles. The quantitative estimate of drug-likeness (QED) is 0.609. The summed E-state index contributed by atoms with van der Waals surface area (Å²) < 4.78 is 0. The highest BCUT2D eigenvalue weighted by Gasteiger charge is 2.14. The average molecular weight is 417 g/mol. The van der Waals surface area contributed by atoms with Crippen LogP contribution in [0.4, 0.5) is 0 Å². The van der Waals surface area contributed by atoms with Crippen molar-refractivity contribution in [2.75, 3.05) is 39.8 Å². The topological polar surface area (TPSA) is 85.8 Å². The molecule has 29 heavy (non-hydrogen) atoms. The first-order chi connectivity index (χ1) is 14.0. The lowest BCUT2D eigenvalue weighted by atomic mass is 10.1. The van der Waals surface area contributed by atoms with E-state index in [1.165, 1.54) is 16.9 Å². The number of carboxylic acids is 1. The van der Waals surface area contributed by atoms with Gasteiger partial charge >= 0.3 is 5.97 Å². The van der Waals surface area contributed by atoms with Crippen molar-refractivity contribution in [3.8, 4) is 10.6 Å². The normalized spacial score (nSPS) is 15.3. The van der Waals surface area contributed by atoms with Crippen LogP contribution in [0, 0.1) is 0 Å². The molecule has 1 aromatic heterocycles. The zero-order chi connectivity index (χ0) is 20.6. The van der Waals surface area contributed by atoms with Gasteiger partial charge in [-0.05, 0) is 19.0 Å². The zero-order valence-corrected chi connectivity index (χ0v) is 17.6. The van der Waals surface area contributed by atoms with E-state index in [1.807, 2.05) is 5.38 Å². The van der Waals surface area contributed by atoms with E-state index in [0.717, 1.165) is 49.0 Å². The number of amides is 1. The van der Waals surface area contributed by atoms with E-state index in [4.69, 9.17) is 5.11 Å². The molecule has 0 spiro atoms. The maximum Gasteiger partial charge on any atom is 0.303 e. The van der Waals surface area contributed by atoms with Crippen LogP contribution in [0.3, 0.4) is 0 Å². The summed E-state index contributed by atoms with van der Waals surface area (Å²) in [6, 6.07) is 8.51. The second-order valence-corrected chi connectivity index (χ2v) is 8.30. The van der Waals surface area contributed by atoms with Crippen molar-refractivity contribution in [1.82, 2.24) is 20.1 Å². The molecule has 1 aliphatic rings. The number of piperazine rings is 1. The predicted molar refractivity (Wildman–Crippen MR) is 114 cm³/mol.